The van der Waals surface area contributed by atoms with Crippen molar-refractivity contribution in [1.82, 2.24) is 0 Å². The first-order chi connectivity index (χ1) is 12.2. The van der Waals surface area contributed by atoms with Crippen LogP contribution < -0.4 is 0 Å². The van der Waals surface area contributed by atoms with Crippen LogP contribution >= 0.6 is 0 Å². The Balaban J connectivity index is 1.77. The van der Waals surface area contributed by atoms with Crippen LogP contribution in [0.3, 0.4) is 0 Å². The Morgan fingerprint density at radius 3 is 2.46 bits per heavy atom. The zero-order valence-corrected chi connectivity index (χ0v) is 16.3. The van der Waals surface area contributed by atoms with Gasteiger partial charge < -0.3 is 14.2 Å². The van der Waals surface area contributed by atoms with E-state index in [9.17, 15) is 9.59 Å². The summed E-state index contributed by atoms with van der Waals surface area (Å²) in [6.07, 6.45) is 6.53. The minimum atomic E-state index is -0.958. The molecule has 5 nitrogen and oxygen atoms in total. The second-order valence-corrected chi connectivity index (χ2v) is 9.23. The summed E-state index contributed by atoms with van der Waals surface area (Å²) in [7, 11) is 1.39. The van der Waals surface area contributed by atoms with Crippen molar-refractivity contribution in [3.63, 3.8) is 0 Å². The van der Waals surface area contributed by atoms with Crippen LogP contribution in [0.1, 0.15) is 59.8 Å². The third-order valence-corrected chi connectivity index (χ3v) is 7.41. The standard InChI is InChI=1S/C21H28O5/c1-12-7-8-15-19(2,3)9-6-10-20(15,4)21(12)25-17-13(22)11-14(24-5)16(23)18(17)26-21/h11-12,15H,6-10H2,1-5H3/t12-,15-,20-,21?/m0/s1. The summed E-state index contributed by atoms with van der Waals surface area (Å²) in [6, 6.07) is 0. The predicted octanol–water partition coefficient (Wildman–Crippen LogP) is 3.89. The zero-order chi connectivity index (χ0) is 18.9. The van der Waals surface area contributed by atoms with Crippen molar-refractivity contribution in [2.75, 3.05) is 7.11 Å². The Kier molecular flexibility index (Phi) is 3.64. The summed E-state index contributed by atoms with van der Waals surface area (Å²) in [4.78, 5) is 25.2. The minimum absolute atomic E-state index is 0.0172. The maximum Gasteiger partial charge on any atom is 0.266 e. The summed E-state index contributed by atoms with van der Waals surface area (Å²) < 4.78 is 17.8. The number of carbonyl (C=O) groups is 2. The van der Waals surface area contributed by atoms with Gasteiger partial charge in [0.25, 0.3) is 11.6 Å². The molecule has 0 N–H and O–H groups in total. The number of fused-ring (bicyclic) bond motifs is 2. The SMILES string of the molecule is COC1=CC(=O)C2=C(OC3(O2)[C@@H](C)CC[C@H]2C(C)(C)CCC[C@@]23C)C1=O. The van der Waals surface area contributed by atoms with E-state index in [1.807, 2.05) is 0 Å². The smallest absolute Gasteiger partial charge is 0.266 e. The van der Waals surface area contributed by atoms with E-state index in [2.05, 4.69) is 27.7 Å². The van der Waals surface area contributed by atoms with Crippen LogP contribution in [0.25, 0.3) is 0 Å². The maximum atomic E-state index is 12.7. The molecule has 0 saturated heterocycles. The predicted molar refractivity (Wildman–Crippen MR) is 94.7 cm³/mol. The molecule has 4 rings (SSSR count). The van der Waals surface area contributed by atoms with E-state index in [0.717, 1.165) is 25.7 Å². The first-order valence-electron chi connectivity index (χ1n) is 9.63. The van der Waals surface area contributed by atoms with Crippen molar-refractivity contribution in [3.8, 4) is 0 Å². The van der Waals surface area contributed by atoms with E-state index in [4.69, 9.17) is 14.2 Å². The number of hydrogen-bond acceptors (Lipinski definition) is 5. The number of hydrogen-bond donors (Lipinski definition) is 0. The van der Waals surface area contributed by atoms with Gasteiger partial charge in [-0.15, -0.1) is 0 Å². The molecule has 2 saturated carbocycles. The van der Waals surface area contributed by atoms with Gasteiger partial charge in [-0.25, -0.2) is 0 Å². The lowest BCUT2D eigenvalue weighted by Gasteiger charge is -2.61. The van der Waals surface area contributed by atoms with E-state index in [-0.39, 0.29) is 39.8 Å². The van der Waals surface area contributed by atoms with E-state index < -0.39 is 11.6 Å². The van der Waals surface area contributed by atoms with Gasteiger partial charge in [-0.2, -0.15) is 0 Å². The number of ether oxygens (including phenoxy) is 3. The van der Waals surface area contributed by atoms with Crippen LogP contribution in [0.4, 0.5) is 0 Å². The Morgan fingerprint density at radius 2 is 1.77 bits per heavy atom. The van der Waals surface area contributed by atoms with Crippen LogP contribution in [0.5, 0.6) is 0 Å². The van der Waals surface area contributed by atoms with E-state index >= 15 is 0 Å². The lowest BCUT2D eigenvalue weighted by Crippen LogP contribution is -2.63. The second kappa shape index (κ2) is 5.37. The summed E-state index contributed by atoms with van der Waals surface area (Å²) in [5.74, 6) is -1.08. The molecule has 1 spiro atoms. The molecular weight excluding hydrogens is 332 g/mol. The number of allylic oxidation sites excluding steroid dienone is 1. The van der Waals surface area contributed by atoms with Gasteiger partial charge in [-0.1, -0.05) is 34.1 Å². The number of carbonyl (C=O) groups excluding carboxylic acids is 2. The summed E-state index contributed by atoms with van der Waals surface area (Å²) in [5.41, 5.74) is -0.0720. The molecule has 5 heteroatoms. The van der Waals surface area contributed by atoms with E-state index in [0.29, 0.717) is 5.92 Å². The van der Waals surface area contributed by atoms with E-state index in [1.165, 1.54) is 19.6 Å². The number of methoxy groups -OCH3 is 1. The van der Waals surface area contributed by atoms with Gasteiger partial charge in [0.05, 0.1) is 7.11 Å². The molecule has 4 aliphatic rings. The third kappa shape index (κ3) is 2.03. The molecule has 0 aromatic heterocycles. The lowest BCUT2D eigenvalue weighted by molar-refractivity contribution is -0.310. The number of ketones is 2. The fraction of sp³-hybridized carbons (Fsp3) is 0.714. The van der Waals surface area contributed by atoms with Gasteiger partial charge in [0.15, 0.2) is 5.76 Å². The van der Waals surface area contributed by atoms with Gasteiger partial charge in [0.2, 0.25) is 17.3 Å². The molecule has 0 aromatic rings. The fourth-order valence-corrected chi connectivity index (χ4v) is 6.09. The molecule has 3 aliphatic carbocycles. The average molecular weight is 360 g/mol. The topological polar surface area (TPSA) is 61.8 Å². The number of Topliss-reactive ketones (excluding diaryl/α,β-unsaturated/α-hetero) is 1. The van der Waals surface area contributed by atoms with Crippen LogP contribution in [-0.4, -0.2) is 24.5 Å². The molecule has 1 unspecified atom stereocenters. The summed E-state index contributed by atoms with van der Waals surface area (Å²) >= 11 is 0. The van der Waals surface area contributed by atoms with Crippen LogP contribution in [0.2, 0.25) is 0 Å². The van der Waals surface area contributed by atoms with Gasteiger partial charge in [0, 0.05) is 17.4 Å². The van der Waals surface area contributed by atoms with Gasteiger partial charge in [0.1, 0.15) is 0 Å². The summed E-state index contributed by atoms with van der Waals surface area (Å²) in [6.45, 7) is 8.98. The monoisotopic (exact) mass is 360 g/mol. The third-order valence-electron chi connectivity index (χ3n) is 7.41. The molecule has 4 atom stereocenters. The molecule has 0 aromatic carbocycles. The molecule has 142 valence electrons. The zero-order valence-electron chi connectivity index (χ0n) is 16.3. The van der Waals surface area contributed by atoms with Crippen LogP contribution in [0, 0.1) is 22.7 Å². The molecular formula is C21H28O5. The highest BCUT2D eigenvalue weighted by Crippen LogP contribution is 2.66. The minimum Gasteiger partial charge on any atom is -0.492 e. The van der Waals surface area contributed by atoms with E-state index in [1.54, 1.807) is 0 Å². The van der Waals surface area contributed by atoms with Gasteiger partial charge in [-0.05, 0) is 37.0 Å². The van der Waals surface area contributed by atoms with Crippen molar-refractivity contribution in [3.05, 3.63) is 23.4 Å². The molecule has 1 heterocycles. The fourth-order valence-electron chi connectivity index (χ4n) is 6.09. The molecule has 1 aliphatic heterocycles. The highest BCUT2D eigenvalue weighted by atomic mass is 16.7. The number of rotatable bonds is 1. The highest BCUT2D eigenvalue weighted by Gasteiger charge is 2.69. The van der Waals surface area contributed by atoms with Crippen molar-refractivity contribution in [2.45, 2.75) is 65.6 Å². The Bertz CT molecular complexity index is 746. The molecule has 2 fully saturated rings. The molecule has 0 radical (unpaired) electrons. The quantitative estimate of drug-likeness (QED) is 0.664. The second-order valence-electron chi connectivity index (χ2n) is 9.23. The average Bonchev–Trinajstić information content (AvgIpc) is 2.99. The van der Waals surface area contributed by atoms with Crippen molar-refractivity contribution < 1.29 is 23.8 Å². The maximum absolute atomic E-state index is 12.7. The largest absolute Gasteiger partial charge is 0.492 e. The van der Waals surface area contributed by atoms with Crippen molar-refractivity contribution in [2.24, 2.45) is 22.7 Å². The van der Waals surface area contributed by atoms with Crippen LogP contribution in [0.15, 0.2) is 23.4 Å². The Morgan fingerprint density at radius 1 is 1.08 bits per heavy atom. The first-order valence-corrected chi connectivity index (χ1v) is 9.63. The van der Waals surface area contributed by atoms with Gasteiger partial charge >= 0.3 is 0 Å². The summed E-state index contributed by atoms with van der Waals surface area (Å²) in [5, 5.41) is 0. The first kappa shape index (κ1) is 17.6. The highest BCUT2D eigenvalue weighted by molar-refractivity contribution is 6.20. The lowest BCUT2D eigenvalue weighted by atomic mass is 9.48. The normalized spacial score (nSPS) is 41.2. The molecule has 0 bridgehead atoms. The Labute approximate surface area is 154 Å². The van der Waals surface area contributed by atoms with Crippen molar-refractivity contribution in [1.29, 1.82) is 0 Å². The molecule has 0 amide bonds. The Hall–Kier alpha value is -1.78. The van der Waals surface area contributed by atoms with Crippen LogP contribution in [-0.2, 0) is 23.8 Å². The molecule has 26 heavy (non-hydrogen) atoms. The van der Waals surface area contributed by atoms with Gasteiger partial charge in [-0.3, -0.25) is 9.59 Å². The van der Waals surface area contributed by atoms with Crippen molar-refractivity contribution >= 4 is 11.6 Å².